The van der Waals surface area contributed by atoms with Gasteiger partial charge < -0.3 is 14.4 Å². The van der Waals surface area contributed by atoms with Crippen LogP contribution in [0.4, 0.5) is 0 Å². The standard InChI is InChI=1S/C17H29NO4/c1-13-17(8-11-21-12-9-17)7-10-18(13)14(19)5-6-15(20)22-16(2,3)4/h13H,5-12H2,1-4H3. The van der Waals surface area contributed by atoms with Crippen LogP contribution < -0.4 is 0 Å². The third kappa shape index (κ3) is 4.00. The molecule has 126 valence electrons. The fourth-order valence-corrected chi connectivity index (χ4v) is 3.61. The van der Waals surface area contributed by atoms with E-state index in [1.165, 1.54) is 0 Å². The Morgan fingerprint density at radius 1 is 1.18 bits per heavy atom. The van der Waals surface area contributed by atoms with Crippen LogP contribution in [0.3, 0.4) is 0 Å². The minimum absolute atomic E-state index is 0.0710. The first-order chi connectivity index (χ1) is 10.2. The van der Waals surface area contributed by atoms with E-state index in [0.717, 1.165) is 39.0 Å². The van der Waals surface area contributed by atoms with Crippen molar-refractivity contribution in [2.24, 2.45) is 5.41 Å². The molecule has 22 heavy (non-hydrogen) atoms. The van der Waals surface area contributed by atoms with Crippen LogP contribution in [0.25, 0.3) is 0 Å². The summed E-state index contributed by atoms with van der Waals surface area (Å²) >= 11 is 0. The van der Waals surface area contributed by atoms with Gasteiger partial charge in [-0.2, -0.15) is 0 Å². The summed E-state index contributed by atoms with van der Waals surface area (Å²) in [7, 11) is 0. The van der Waals surface area contributed by atoms with E-state index < -0.39 is 5.60 Å². The summed E-state index contributed by atoms with van der Waals surface area (Å²) in [4.78, 5) is 26.1. The van der Waals surface area contributed by atoms with Gasteiger partial charge in [0.2, 0.25) is 5.91 Å². The van der Waals surface area contributed by atoms with Gasteiger partial charge >= 0.3 is 5.97 Å². The molecule has 0 radical (unpaired) electrons. The number of amides is 1. The molecular weight excluding hydrogens is 282 g/mol. The molecule has 2 saturated heterocycles. The molecule has 5 nitrogen and oxygen atoms in total. The molecule has 2 aliphatic rings. The van der Waals surface area contributed by atoms with Crippen LogP contribution in [0.15, 0.2) is 0 Å². The van der Waals surface area contributed by atoms with Crippen molar-refractivity contribution in [3.63, 3.8) is 0 Å². The molecule has 1 unspecified atom stereocenters. The molecule has 2 heterocycles. The van der Waals surface area contributed by atoms with Gasteiger partial charge in [0, 0.05) is 32.2 Å². The first kappa shape index (κ1) is 17.3. The highest BCUT2D eigenvalue weighted by molar-refractivity contribution is 5.82. The molecule has 0 N–H and O–H groups in total. The molecule has 0 aromatic carbocycles. The van der Waals surface area contributed by atoms with E-state index in [4.69, 9.17) is 9.47 Å². The second-order valence-corrected chi connectivity index (χ2v) is 7.57. The number of rotatable bonds is 3. The van der Waals surface area contributed by atoms with Gasteiger partial charge in [0.1, 0.15) is 5.60 Å². The molecule has 0 aliphatic carbocycles. The van der Waals surface area contributed by atoms with E-state index in [1.54, 1.807) is 0 Å². The van der Waals surface area contributed by atoms with Crippen LogP contribution in [-0.2, 0) is 19.1 Å². The topological polar surface area (TPSA) is 55.8 Å². The van der Waals surface area contributed by atoms with Crippen molar-refractivity contribution < 1.29 is 19.1 Å². The summed E-state index contributed by atoms with van der Waals surface area (Å²) in [5.41, 5.74) is -0.271. The monoisotopic (exact) mass is 311 g/mol. The number of likely N-dealkylation sites (tertiary alicyclic amines) is 1. The van der Waals surface area contributed by atoms with Crippen molar-refractivity contribution in [2.75, 3.05) is 19.8 Å². The highest BCUT2D eigenvalue weighted by atomic mass is 16.6. The van der Waals surface area contributed by atoms with Gasteiger partial charge in [0.15, 0.2) is 0 Å². The fourth-order valence-electron chi connectivity index (χ4n) is 3.61. The Morgan fingerprint density at radius 3 is 2.41 bits per heavy atom. The van der Waals surface area contributed by atoms with Crippen LogP contribution in [-0.4, -0.2) is 48.2 Å². The molecule has 0 aromatic rings. The second-order valence-electron chi connectivity index (χ2n) is 7.57. The first-order valence-electron chi connectivity index (χ1n) is 8.33. The molecule has 0 saturated carbocycles. The Bertz CT molecular complexity index is 421. The van der Waals surface area contributed by atoms with Crippen molar-refractivity contribution in [3.05, 3.63) is 0 Å². The third-order valence-corrected chi connectivity index (χ3v) is 4.98. The number of hydrogen-bond donors (Lipinski definition) is 0. The van der Waals surface area contributed by atoms with Crippen molar-refractivity contribution in [1.82, 2.24) is 4.90 Å². The van der Waals surface area contributed by atoms with Gasteiger partial charge in [0.25, 0.3) is 0 Å². The highest BCUT2D eigenvalue weighted by Crippen LogP contribution is 2.44. The summed E-state index contributed by atoms with van der Waals surface area (Å²) in [5.74, 6) is -0.227. The van der Waals surface area contributed by atoms with E-state index in [1.807, 2.05) is 25.7 Å². The molecule has 1 amide bonds. The zero-order valence-electron chi connectivity index (χ0n) is 14.3. The fraction of sp³-hybridized carbons (Fsp3) is 0.882. The summed E-state index contributed by atoms with van der Waals surface area (Å²) in [5, 5.41) is 0. The SMILES string of the molecule is CC1N(C(=O)CCC(=O)OC(C)(C)C)CCC12CCOCC2. The highest BCUT2D eigenvalue weighted by Gasteiger charge is 2.46. The Morgan fingerprint density at radius 2 is 1.82 bits per heavy atom. The van der Waals surface area contributed by atoms with Gasteiger partial charge in [-0.25, -0.2) is 0 Å². The number of nitrogens with zero attached hydrogens (tertiary/aromatic N) is 1. The van der Waals surface area contributed by atoms with Crippen LogP contribution in [0.1, 0.15) is 59.8 Å². The van der Waals surface area contributed by atoms with Gasteiger partial charge in [0.05, 0.1) is 6.42 Å². The number of carbonyl (C=O) groups excluding carboxylic acids is 2. The Hall–Kier alpha value is -1.10. The van der Waals surface area contributed by atoms with Gasteiger partial charge in [-0.3, -0.25) is 9.59 Å². The van der Waals surface area contributed by atoms with Gasteiger partial charge in [-0.05, 0) is 52.4 Å². The minimum atomic E-state index is -0.493. The lowest BCUT2D eigenvalue weighted by Crippen LogP contribution is -2.43. The maximum Gasteiger partial charge on any atom is 0.306 e. The average Bonchev–Trinajstić information content (AvgIpc) is 2.73. The molecule has 0 aromatic heterocycles. The Balaban J connectivity index is 1.84. The van der Waals surface area contributed by atoms with Gasteiger partial charge in [-0.15, -0.1) is 0 Å². The van der Waals surface area contributed by atoms with Crippen molar-refractivity contribution in [1.29, 1.82) is 0 Å². The number of esters is 1. The van der Waals surface area contributed by atoms with Gasteiger partial charge in [-0.1, -0.05) is 0 Å². The maximum atomic E-state index is 12.4. The molecule has 2 rings (SSSR count). The van der Waals surface area contributed by atoms with E-state index in [0.29, 0.717) is 0 Å². The molecule has 1 atom stereocenters. The molecule has 0 bridgehead atoms. The molecule has 1 spiro atoms. The Kier molecular flexibility index (Phi) is 5.15. The zero-order chi connectivity index (χ0) is 16.4. The minimum Gasteiger partial charge on any atom is -0.460 e. The number of ether oxygens (including phenoxy) is 2. The van der Waals surface area contributed by atoms with E-state index in [-0.39, 0.29) is 36.2 Å². The van der Waals surface area contributed by atoms with Crippen LogP contribution in [0.2, 0.25) is 0 Å². The summed E-state index contributed by atoms with van der Waals surface area (Å²) in [6.45, 7) is 10.0. The average molecular weight is 311 g/mol. The Labute approximate surface area is 133 Å². The first-order valence-corrected chi connectivity index (χ1v) is 8.33. The van der Waals surface area contributed by atoms with Crippen molar-refractivity contribution >= 4 is 11.9 Å². The number of hydrogen-bond acceptors (Lipinski definition) is 4. The summed E-state index contributed by atoms with van der Waals surface area (Å²) in [6, 6.07) is 0.238. The predicted octanol–water partition coefficient (Wildman–Crippen LogP) is 2.53. The lowest BCUT2D eigenvalue weighted by Gasteiger charge is -2.38. The van der Waals surface area contributed by atoms with Crippen molar-refractivity contribution in [2.45, 2.75) is 71.4 Å². The van der Waals surface area contributed by atoms with E-state index >= 15 is 0 Å². The zero-order valence-corrected chi connectivity index (χ0v) is 14.3. The molecule has 2 fully saturated rings. The maximum absolute atomic E-state index is 12.4. The molecule has 5 heteroatoms. The molecular formula is C17H29NO4. The second kappa shape index (κ2) is 6.57. The quantitative estimate of drug-likeness (QED) is 0.752. The third-order valence-electron chi connectivity index (χ3n) is 4.98. The normalized spacial score (nSPS) is 24.5. The van der Waals surface area contributed by atoms with Crippen LogP contribution in [0, 0.1) is 5.41 Å². The lowest BCUT2D eigenvalue weighted by atomic mass is 9.74. The van der Waals surface area contributed by atoms with Crippen LogP contribution in [0.5, 0.6) is 0 Å². The van der Waals surface area contributed by atoms with Crippen LogP contribution >= 0.6 is 0 Å². The molecule has 2 aliphatic heterocycles. The van der Waals surface area contributed by atoms with E-state index in [9.17, 15) is 9.59 Å². The number of carbonyl (C=O) groups is 2. The van der Waals surface area contributed by atoms with E-state index in [2.05, 4.69) is 6.92 Å². The predicted molar refractivity (Wildman–Crippen MR) is 83.4 cm³/mol. The van der Waals surface area contributed by atoms with Crippen molar-refractivity contribution in [3.8, 4) is 0 Å². The smallest absolute Gasteiger partial charge is 0.306 e. The lowest BCUT2D eigenvalue weighted by molar-refractivity contribution is -0.156. The summed E-state index contributed by atoms with van der Waals surface area (Å²) in [6.07, 6.45) is 3.52. The summed E-state index contributed by atoms with van der Waals surface area (Å²) < 4.78 is 10.7. The largest absolute Gasteiger partial charge is 0.460 e.